The number of hydrogen-bond acceptors (Lipinski definition) is 4. The lowest BCUT2D eigenvalue weighted by molar-refractivity contribution is -0.132. The standard InChI is InChI=1S/C22H28N2O3S/c1-18-7-9-21(10-8-18)28(26,27)16-11-22(25)24-14-12-23(13-15-24)17-20-6-4-3-5-19(20)2/h3-10H,11-17H2,1-2H3. The van der Waals surface area contributed by atoms with Crippen molar-refractivity contribution in [2.24, 2.45) is 0 Å². The molecule has 28 heavy (non-hydrogen) atoms. The summed E-state index contributed by atoms with van der Waals surface area (Å²) in [5.41, 5.74) is 3.60. The van der Waals surface area contributed by atoms with Gasteiger partial charge in [-0.3, -0.25) is 9.69 Å². The lowest BCUT2D eigenvalue weighted by Gasteiger charge is -2.35. The number of amides is 1. The highest BCUT2D eigenvalue weighted by Gasteiger charge is 2.23. The average molecular weight is 401 g/mol. The van der Waals surface area contributed by atoms with Gasteiger partial charge in [0.2, 0.25) is 5.91 Å². The van der Waals surface area contributed by atoms with Crippen molar-refractivity contribution in [1.29, 1.82) is 0 Å². The van der Waals surface area contributed by atoms with E-state index in [-0.39, 0.29) is 23.0 Å². The maximum absolute atomic E-state index is 12.5. The van der Waals surface area contributed by atoms with Gasteiger partial charge in [-0.15, -0.1) is 0 Å². The Bertz CT molecular complexity index is 915. The van der Waals surface area contributed by atoms with E-state index in [2.05, 4.69) is 30.0 Å². The third-order valence-corrected chi connectivity index (χ3v) is 7.08. The summed E-state index contributed by atoms with van der Waals surface area (Å²) >= 11 is 0. The zero-order valence-electron chi connectivity index (χ0n) is 16.6. The summed E-state index contributed by atoms with van der Waals surface area (Å²) < 4.78 is 24.9. The topological polar surface area (TPSA) is 57.7 Å². The van der Waals surface area contributed by atoms with Crippen LogP contribution in [0.15, 0.2) is 53.4 Å². The Morgan fingerprint density at radius 3 is 2.21 bits per heavy atom. The highest BCUT2D eigenvalue weighted by atomic mass is 32.2. The van der Waals surface area contributed by atoms with Gasteiger partial charge in [0.15, 0.2) is 9.84 Å². The lowest BCUT2D eigenvalue weighted by Crippen LogP contribution is -2.48. The number of aryl methyl sites for hydroxylation is 2. The Hall–Kier alpha value is -2.18. The molecule has 0 aromatic heterocycles. The van der Waals surface area contributed by atoms with Crippen LogP contribution in [-0.2, 0) is 21.2 Å². The van der Waals surface area contributed by atoms with Crippen molar-refractivity contribution in [3.8, 4) is 0 Å². The second kappa shape index (κ2) is 8.88. The van der Waals surface area contributed by atoms with Crippen LogP contribution in [0.25, 0.3) is 0 Å². The first-order valence-electron chi connectivity index (χ1n) is 9.69. The molecule has 0 spiro atoms. The summed E-state index contributed by atoms with van der Waals surface area (Å²) in [5.74, 6) is -0.218. The molecule has 2 aromatic carbocycles. The van der Waals surface area contributed by atoms with Gasteiger partial charge in [-0.25, -0.2) is 8.42 Å². The van der Waals surface area contributed by atoms with E-state index in [9.17, 15) is 13.2 Å². The fraction of sp³-hybridized carbons (Fsp3) is 0.409. The molecule has 0 bridgehead atoms. The van der Waals surface area contributed by atoms with Gasteiger partial charge in [0, 0.05) is 39.1 Å². The molecule has 0 unspecified atom stereocenters. The summed E-state index contributed by atoms with van der Waals surface area (Å²) in [4.78, 5) is 16.9. The summed E-state index contributed by atoms with van der Waals surface area (Å²) in [5, 5.41) is 0. The molecule has 0 saturated carbocycles. The Morgan fingerprint density at radius 2 is 1.57 bits per heavy atom. The number of nitrogens with zero attached hydrogens (tertiary/aromatic N) is 2. The van der Waals surface area contributed by atoms with E-state index in [0.717, 1.165) is 25.2 Å². The molecule has 3 rings (SSSR count). The van der Waals surface area contributed by atoms with Gasteiger partial charge in [0.1, 0.15) is 0 Å². The first kappa shape index (κ1) is 20.6. The first-order valence-corrected chi connectivity index (χ1v) is 11.3. The molecular weight excluding hydrogens is 372 g/mol. The maximum atomic E-state index is 12.5. The van der Waals surface area contributed by atoms with Gasteiger partial charge in [0.25, 0.3) is 0 Å². The van der Waals surface area contributed by atoms with Gasteiger partial charge in [0.05, 0.1) is 10.6 Å². The van der Waals surface area contributed by atoms with E-state index in [1.54, 1.807) is 29.2 Å². The minimum Gasteiger partial charge on any atom is -0.340 e. The van der Waals surface area contributed by atoms with Crippen LogP contribution >= 0.6 is 0 Å². The monoisotopic (exact) mass is 400 g/mol. The Balaban J connectivity index is 1.48. The van der Waals surface area contributed by atoms with Crippen LogP contribution in [0.4, 0.5) is 0 Å². The van der Waals surface area contributed by atoms with Crippen molar-refractivity contribution < 1.29 is 13.2 Å². The highest BCUT2D eigenvalue weighted by Crippen LogP contribution is 2.15. The molecule has 2 aromatic rings. The third-order valence-electron chi connectivity index (χ3n) is 5.34. The third kappa shape index (κ3) is 5.20. The zero-order chi connectivity index (χ0) is 20.1. The van der Waals surface area contributed by atoms with Crippen molar-refractivity contribution in [2.75, 3.05) is 31.9 Å². The second-order valence-electron chi connectivity index (χ2n) is 7.47. The predicted molar refractivity (Wildman–Crippen MR) is 111 cm³/mol. The van der Waals surface area contributed by atoms with E-state index in [1.165, 1.54) is 11.1 Å². The molecule has 5 nitrogen and oxygen atoms in total. The van der Waals surface area contributed by atoms with Crippen LogP contribution in [0, 0.1) is 13.8 Å². The normalized spacial score (nSPS) is 15.6. The molecule has 6 heteroatoms. The highest BCUT2D eigenvalue weighted by molar-refractivity contribution is 7.91. The molecule has 1 fully saturated rings. The zero-order valence-corrected chi connectivity index (χ0v) is 17.4. The second-order valence-corrected chi connectivity index (χ2v) is 9.57. The van der Waals surface area contributed by atoms with Gasteiger partial charge < -0.3 is 4.90 Å². The number of piperazine rings is 1. The van der Waals surface area contributed by atoms with Gasteiger partial charge >= 0.3 is 0 Å². The summed E-state index contributed by atoms with van der Waals surface area (Å²) in [6.07, 6.45) is 0.0357. The number of carbonyl (C=O) groups excluding carboxylic acids is 1. The number of hydrogen-bond donors (Lipinski definition) is 0. The molecule has 1 saturated heterocycles. The van der Waals surface area contributed by atoms with E-state index < -0.39 is 9.84 Å². The first-order chi connectivity index (χ1) is 13.3. The van der Waals surface area contributed by atoms with Crippen LogP contribution < -0.4 is 0 Å². The van der Waals surface area contributed by atoms with Crippen molar-refractivity contribution in [3.63, 3.8) is 0 Å². The summed E-state index contributed by atoms with van der Waals surface area (Å²) in [6, 6.07) is 15.1. The molecular formula is C22H28N2O3S. The molecule has 0 N–H and O–H groups in total. The molecule has 0 radical (unpaired) electrons. The number of rotatable bonds is 6. The van der Waals surface area contributed by atoms with Crippen LogP contribution in [0.1, 0.15) is 23.1 Å². The van der Waals surface area contributed by atoms with Gasteiger partial charge in [-0.05, 0) is 37.1 Å². The predicted octanol–water partition coefficient (Wildman–Crippen LogP) is 2.81. The average Bonchev–Trinajstić information content (AvgIpc) is 2.69. The summed E-state index contributed by atoms with van der Waals surface area (Å²) in [6.45, 7) is 7.83. The molecule has 1 heterocycles. The fourth-order valence-corrected chi connectivity index (χ4v) is 4.66. The van der Waals surface area contributed by atoms with E-state index in [1.807, 2.05) is 13.0 Å². The fourth-order valence-electron chi connectivity index (χ4n) is 3.43. The lowest BCUT2D eigenvalue weighted by atomic mass is 10.1. The minimum atomic E-state index is -3.42. The van der Waals surface area contributed by atoms with E-state index in [0.29, 0.717) is 13.1 Å². The summed E-state index contributed by atoms with van der Waals surface area (Å²) in [7, 11) is -3.42. The van der Waals surface area contributed by atoms with Crippen LogP contribution in [0.3, 0.4) is 0 Å². The van der Waals surface area contributed by atoms with E-state index >= 15 is 0 Å². The molecule has 1 aliphatic heterocycles. The molecule has 150 valence electrons. The van der Waals surface area contributed by atoms with Gasteiger partial charge in [-0.1, -0.05) is 42.0 Å². The number of carbonyl (C=O) groups is 1. The van der Waals surface area contributed by atoms with Crippen molar-refractivity contribution in [2.45, 2.75) is 31.7 Å². The van der Waals surface area contributed by atoms with Crippen LogP contribution in [0.5, 0.6) is 0 Å². The molecule has 0 aliphatic carbocycles. The van der Waals surface area contributed by atoms with E-state index in [4.69, 9.17) is 0 Å². The molecule has 1 amide bonds. The van der Waals surface area contributed by atoms with Crippen molar-refractivity contribution in [3.05, 3.63) is 65.2 Å². The number of benzene rings is 2. The van der Waals surface area contributed by atoms with Crippen molar-refractivity contribution >= 4 is 15.7 Å². The smallest absolute Gasteiger partial charge is 0.223 e. The Kier molecular flexibility index (Phi) is 6.52. The largest absolute Gasteiger partial charge is 0.340 e. The maximum Gasteiger partial charge on any atom is 0.223 e. The SMILES string of the molecule is Cc1ccc(S(=O)(=O)CCC(=O)N2CCN(Cc3ccccc3C)CC2)cc1. The quantitative estimate of drug-likeness (QED) is 0.748. The molecule has 1 aliphatic rings. The Morgan fingerprint density at radius 1 is 0.929 bits per heavy atom. The van der Waals surface area contributed by atoms with Gasteiger partial charge in [-0.2, -0.15) is 0 Å². The molecule has 0 atom stereocenters. The minimum absolute atomic E-state index is 0.0357. The van der Waals surface area contributed by atoms with Crippen molar-refractivity contribution in [1.82, 2.24) is 9.80 Å². The Labute approximate surface area is 167 Å². The number of sulfone groups is 1. The van der Waals surface area contributed by atoms with Crippen LogP contribution in [-0.4, -0.2) is 56.1 Å². The van der Waals surface area contributed by atoms with Crippen LogP contribution in [0.2, 0.25) is 0 Å².